The van der Waals surface area contributed by atoms with Crippen LogP contribution in [0.4, 0.5) is 0 Å². The van der Waals surface area contributed by atoms with Crippen LogP contribution in [-0.2, 0) is 18.8 Å². The summed E-state index contributed by atoms with van der Waals surface area (Å²) in [6, 6.07) is 1.50. The monoisotopic (exact) mass is 404 g/mol. The fraction of sp³-hybridized carbons (Fsp3) is 0.900. The van der Waals surface area contributed by atoms with Gasteiger partial charge in [-0.15, -0.1) is 0 Å². The molecular weight excluding hydrogens is 363 g/mol. The Balaban J connectivity index is 4.78. The topological polar surface area (TPSA) is 59.1 Å². The summed E-state index contributed by atoms with van der Waals surface area (Å²) in [5, 5.41) is 0. The summed E-state index contributed by atoms with van der Waals surface area (Å²) >= 11 is 0. The average molecular weight is 405 g/mol. The molecule has 0 bridgehead atoms. The van der Waals surface area contributed by atoms with Crippen molar-refractivity contribution < 1.29 is 18.8 Å². The number of ether oxygens (including phenoxy) is 1. The maximum atomic E-state index is 11.6. The molecule has 0 N–H and O–H groups in total. The number of esters is 1. The standard InChI is InChI=1S/C20H41N2O4P/c1-15(2)21(16(3)4)27(22(17(5)6)18(7)8)26-14-10-13-25-20(24)12-11-19(9)23/h15-18H,10-14H2,1-9H3. The molecule has 0 aliphatic heterocycles. The van der Waals surface area contributed by atoms with Gasteiger partial charge in [0.1, 0.15) is 5.78 Å². The van der Waals surface area contributed by atoms with Crippen LogP contribution in [-0.4, -0.2) is 58.5 Å². The van der Waals surface area contributed by atoms with Crippen LogP contribution in [0, 0.1) is 0 Å². The Morgan fingerprint density at radius 2 is 1.22 bits per heavy atom. The maximum absolute atomic E-state index is 11.6. The van der Waals surface area contributed by atoms with Crippen molar-refractivity contribution in [1.29, 1.82) is 0 Å². The SMILES string of the molecule is CC(=O)CCC(=O)OCCCOP(N(C(C)C)C(C)C)N(C(C)C)C(C)C. The van der Waals surface area contributed by atoms with Crippen molar-refractivity contribution in [2.45, 2.75) is 106 Å². The highest BCUT2D eigenvalue weighted by Crippen LogP contribution is 2.50. The first-order valence-electron chi connectivity index (χ1n) is 10.1. The molecule has 0 aromatic heterocycles. The zero-order valence-electron chi connectivity index (χ0n) is 18.8. The zero-order valence-corrected chi connectivity index (χ0v) is 19.7. The lowest BCUT2D eigenvalue weighted by Crippen LogP contribution is -2.43. The smallest absolute Gasteiger partial charge is 0.306 e. The Labute approximate surface area is 167 Å². The first-order chi connectivity index (χ1) is 12.5. The third-order valence-electron chi connectivity index (χ3n) is 3.95. The Hall–Kier alpha value is -0.550. The first kappa shape index (κ1) is 26.4. The van der Waals surface area contributed by atoms with E-state index < -0.39 is 8.45 Å². The second kappa shape index (κ2) is 13.6. The van der Waals surface area contributed by atoms with Gasteiger partial charge in [0.2, 0.25) is 0 Å². The number of carbonyl (C=O) groups is 2. The average Bonchev–Trinajstić information content (AvgIpc) is 2.50. The highest BCUT2D eigenvalue weighted by Gasteiger charge is 2.34. The van der Waals surface area contributed by atoms with Crippen molar-refractivity contribution in [2.75, 3.05) is 13.2 Å². The van der Waals surface area contributed by atoms with Crippen molar-refractivity contribution in [1.82, 2.24) is 9.34 Å². The second-order valence-electron chi connectivity index (χ2n) is 8.00. The van der Waals surface area contributed by atoms with Gasteiger partial charge in [-0.3, -0.25) is 4.79 Å². The molecule has 0 saturated heterocycles. The van der Waals surface area contributed by atoms with Gasteiger partial charge in [-0.25, -0.2) is 9.34 Å². The summed E-state index contributed by atoms with van der Waals surface area (Å²) in [6.07, 6.45) is 1.06. The van der Waals surface area contributed by atoms with Crippen LogP contribution in [0.5, 0.6) is 0 Å². The summed E-state index contributed by atoms with van der Waals surface area (Å²) in [5.74, 6) is -0.310. The Morgan fingerprint density at radius 3 is 1.59 bits per heavy atom. The van der Waals surface area contributed by atoms with E-state index in [1.54, 1.807) is 0 Å². The van der Waals surface area contributed by atoms with Gasteiger partial charge in [0.15, 0.2) is 8.45 Å². The van der Waals surface area contributed by atoms with Gasteiger partial charge in [0.05, 0.1) is 19.6 Å². The lowest BCUT2D eigenvalue weighted by molar-refractivity contribution is -0.144. The number of nitrogens with zero attached hydrogens (tertiary/aromatic N) is 2. The molecule has 0 fully saturated rings. The van der Waals surface area contributed by atoms with E-state index in [0.29, 0.717) is 43.8 Å². The fourth-order valence-corrected chi connectivity index (χ4v) is 5.35. The highest BCUT2D eigenvalue weighted by molar-refractivity contribution is 7.47. The molecule has 0 spiro atoms. The van der Waals surface area contributed by atoms with Gasteiger partial charge >= 0.3 is 5.97 Å². The summed E-state index contributed by atoms with van der Waals surface area (Å²) in [4.78, 5) is 22.5. The quantitative estimate of drug-likeness (QED) is 0.236. The summed E-state index contributed by atoms with van der Waals surface area (Å²) in [6.45, 7) is 20.0. The number of carbonyl (C=O) groups excluding carboxylic acids is 2. The van der Waals surface area contributed by atoms with E-state index in [4.69, 9.17) is 9.26 Å². The molecule has 0 unspecified atom stereocenters. The molecule has 0 aliphatic carbocycles. The van der Waals surface area contributed by atoms with Gasteiger partial charge in [0.25, 0.3) is 0 Å². The Morgan fingerprint density at radius 1 is 0.778 bits per heavy atom. The van der Waals surface area contributed by atoms with E-state index in [1.165, 1.54) is 6.92 Å². The third kappa shape index (κ3) is 10.5. The van der Waals surface area contributed by atoms with Gasteiger partial charge in [-0.1, -0.05) is 0 Å². The van der Waals surface area contributed by atoms with Crippen LogP contribution in [0.25, 0.3) is 0 Å². The normalized spacial score (nSPS) is 12.4. The lowest BCUT2D eigenvalue weighted by Gasteiger charge is -2.45. The van der Waals surface area contributed by atoms with Crippen LogP contribution < -0.4 is 0 Å². The van der Waals surface area contributed by atoms with Crippen LogP contribution >= 0.6 is 8.45 Å². The molecule has 0 aromatic rings. The predicted octanol–water partition coefficient (Wildman–Crippen LogP) is 4.77. The Bertz CT molecular complexity index is 406. The number of ketones is 1. The first-order valence-corrected chi connectivity index (χ1v) is 11.3. The van der Waals surface area contributed by atoms with E-state index in [9.17, 15) is 9.59 Å². The maximum Gasteiger partial charge on any atom is 0.306 e. The van der Waals surface area contributed by atoms with E-state index in [2.05, 4.69) is 64.7 Å². The molecule has 160 valence electrons. The second-order valence-corrected chi connectivity index (χ2v) is 9.68. The number of Topliss-reactive ketones (excluding diaryl/α,β-unsaturated/α-hetero) is 1. The van der Waals surface area contributed by atoms with Crippen LogP contribution in [0.1, 0.15) is 81.6 Å². The highest BCUT2D eigenvalue weighted by atomic mass is 31.2. The number of hydrogen-bond donors (Lipinski definition) is 0. The molecular formula is C20H41N2O4P. The molecule has 0 rings (SSSR count). The largest absolute Gasteiger partial charge is 0.466 e. The summed E-state index contributed by atoms with van der Waals surface area (Å²) in [7, 11) is -0.911. The van der Waals surface area contributed by atoms with E-state index in [0.717, 1.165) is 0 Å². The van der Waals surface area contributed by atoms with Crippen LogP contribution in [0.15, 0.2) is 0 Å². The summed E-state index contributed by atoms with van der Waals surface area (Å²) < 4.78 is 16.4. The van der Waals surface area contributed by atoms with Crippen molar-refractivity contribution in [3.05, 3.63) is 0 Å². The molecule has 0 atom stereocenters. The summed E-state index contributed by atoms with van der Waals surface area (Å²) in [5.41, 5.74) is 0. The van der Waals surface area contributed by atoms with Crippen molar-refractivity contribution in [3.8, 4) is 0 Å². The minimum absolute atomic E-state index is 0.00542. The van der Waals surface area contributed by atoms with E-state index in [1.807, 2.05) is 0 Å². The van der Waals surface area contributed by atoms with Crippen LogP contribution in [0.3, 0.4) is 0 Å². The van der Waals surface area contributed by atoms with Crippen molar-refractivity contribution >= 4 is 20.2 Å². The minimum atomic E-state index is -0.911. The number of hydrogen-bond acceptors (Lipinski definition) is 6. The van der Waals surface area contributed by atoms with Crippen molar-refractivity contribution in [3.63, 3.8) is 0 Å². The van der Waals surface area contributed by atoms with E-state index >= 15 is 0 Å². The zero-order chi connectivity index (χ0) is 21.1. The van der Waals surface area contributed by atoms with Gasteiger partial charge in [-0.05, 0) is 62.3 Å². The molecule has 0 aliphatic rings. The molecule has 7 heteroatoms. The molecule has 0 amide bonds. The predicted molar refractivity (Wildman–Crippen MR) is 113 cm³/mol. The molecule has 6 nitrogen and oxygen atoms in total. The molecule has 27 heavy (non-hydrogen) atoms. The third-order valence-corrected chi connectivity index (χ3v) is 7.00. The Kier molecular flexibility index (Phi) is 13.3. The lowest BCUT2D eigenvalue weighted by atomic mass is 10.2. The fourth-order valence-electron chi connectivity index (χ4n) is 2.98. The van der Waals surface area contributed by atoms with Gasteiger partial charge in [0, 0.05) is 37.0 Å². The minimum Gasteiger partial charge on any atom is -0.466 e. The van der Waals surface area contributed by atoms with Gasteiger partial charge in [-0.2, -0.15) is 0 Å². The van der Waals surface area contributed by atoms with Crippen molar-refractivity contribution in [2.24, 2.45) is 0 Å². The van der Waals surface area contributed by atoms with E-state index in [-0.39, 0.29) is 24.6 Å². The molecule has 0 aromatic carbocycles. The molecule has 0 saturated carbocycles. The molecule has 0 heterocycles. The number of rotatable bonds is 14. The van der Waals surface area contributed by atoms with Gasteiger partial charge < -0.3 is 14.1 Å². The van der Waals surface area contributed by atoms with Crippen LogP contribution in [0.2, 0.25) is 0 Å². The molecule has 0 radical (unpaired) electrons.